The van der Waals surface area contributed by atoms with Crippen LogP contribution in [-0.4, -0.2) is 41.7 Å². The van der Waals surface area contributed by atoms with Crippen molar-refractivity contribution in [2.45, 2.75) is 19.1 Å². The summed E-state index contributed by atoms with van der Waals surface area (Å²) in [5.74, 6) is -0.464. The molecule has 1 atom stereocenters. The van der Waals surface area contributed by atoms with Crippen molar-refractivity contribution >= 4 is 44.4 Å². The van der Waals surface area contributed by atoms with Crippen LogP contribution in [0.4, 0.5) is 9.93 Å². The zero-order valence-electron chi connectivity index (χ0n) is 14.2. The van der Waals surface area contributed by atoms with Crippen LogP contribution in [0.5, 0.6) is 0 Å². The number of hydrogen-bond acceptors (Lipinski definition) is 5. The SMILES string of the molecule is C=CCCc1ccc(C(=O)OC2CN(C)C(=O)N2c2ncc(Br)s2)cc1. The summed E-state index contributed by atoms with van der Waals surface area (Å²) in [5.41, 5.74) is 1.58. The van der Waals surface area contributed by atoms with Gasteiger partial charge in [-0.25, -0.2) is 19.5 Å². The Morgan fingerprint density at radius 2 is 2.19 bits per heavy atom. The molecule has 2 aromatic rings. The van der Waals surface area contributed by atoms with Gasteiger partial charge in [0.2, 0.25) is 6.23 Å². The smallest absolute Gasteiger partial charge is 0.340 e. The quantitative estimate of drug-likeness (QED) is 0.506. The molecule has 6 nitrogen and oxygen atoms in total. The van der Waals surface area contributed by atoms with Crippen molar-refractivity contribution in [3.63, 3.8) is 0 Å². The van der Waals surface area contributed by atoms with Crippen LogP contribution in [0, 0.1) is 0 Å². The first-order chi connectivity index (χ1) is 12.5. The number of thiazole rings is 1. The van der Waals surface area contributed by atoms with E-state index < -0.39 is 12.2 Å². The lowest BCUT2D eigenvalue weighted by atomic mass is 10.1. The van der Waals surface area contributed by atoms with E-state index in [-0.39, 0.29) is 6.03 Å². The van der Waals surface area contributed by atoms with Crippen LogP contribution >= 0.6 is 27.3 Å². The molecule has 26 heavy (non-hydrogen) atoms. The van der Waals surface area contributed by atoms with Crippen molar-refractivity contribution in [3.05, 3.63) is 58.0 Å². The number of hydrogen-bond donors (Lipinski definition) is 0. The number of ether oxygens (including phenoxy) is 1. The summed E-state index contributed by atoms with van der Waals surface area (Å²) in [6.45, 7) is 4.00. The topological polar surface area (TPSA) is 62.7 Å². The normalized spacial score (nSPS) is 16.8. The van der Waals surface area contributed by atoms with E-state index in [2.05, 4.69) is 27.5 Å². The Balaban J connectivity index is 1.72. The Kier molecular flexibility index (Phi) is 5.73. The predicted molar refractivity (Wildman–Crippen MR) is 104 cm³/mol. The van der Waals surface area contributed by atoms with E-state index in [1.54, 1.807) is 25.4 Å². The maximum Gasteiger partial charge on any atom is 0.340 e. The number of esters is 1. The lowest BCUT2D eigenvalue weighted by Gasteiger charge is -2.20. The standard InChI is InChI=1S/C18H18BrN3O3S/c1-3-4-5-12-6-8-13(9-7-12)16(23)25-15-11-21(2)18(24)22(15)17-20-10-14(19)26-17/h3,6-10,15H,1,4-5,11H2,2H3. The summed E-state index contributed by atoms with van der Waals surface area (Å²) in [5, 5.41) is 0.490. The largest absolute Gasteiger partial charge is 0.435 e. The summed E-state index contributed by atoms with van der Waals surface area (Å²) in [6, 6.07) is 7.05. The summed E-state index contributed by atoms with van der Waals surface area (Å²) in [7, 11) is 1.67. The van der Waals surface area contributed by atoms with Crippen LogP contribution in [0.1, 0.15) is 22.3 Å². The van der Waals surface area contributed by atoms with E-state index in [4.69, 9.17) is 4.74 Å². The molecule has 0 saturated carbocycles. The molecule has 2 amide bonds. The van der Waals surface area contributed by atoms with Gasteiger partial charge in [0.25, 0.3) is 0 Å². The van der Waals surface area contributed by atoms with E-state index in [1.165, 1.54) is 21.1 Å². The Morgan fingerprint density at radius 3 is 2.81 bits per heavy atom. The van der Waals surface area contributed by atoms with Gasteiger partial charge >= 0.3 is 12.0 Å². The van der Waals surface area contributed by atoms with Crippen molar-refractivity contribution in [1.29, 1.82) is 0 Å². The Morgan fingerprint density at radius 1 is 1.46 bits per heavy atom. The van der Waals surface area contributed by atoms with E-state index in [1.807, 2.05) is 18.2 Å². The van der Waals surface area contributed by atoms with Gasteiger partial charge in [0, 0.05) is 7.05 Å². The monoisotopic (exact) mass is 435 g/mol. The maximum atomic E-state index is 12.5. The molecule has 0 spiro atoms. The van der Waals surface area contributed by atoms with Crippen LogP contribution in [0.3, 0.4) is 0 Å². The lowest BCUT2D eigenvalue weighted by molar-refractivity contribution is 0.0331. The van der Waals surface area contributed by atoms with Gasteiger partial charge in [0.15, 0.2) is 5.13 Å². The van der Waals surface area contributed by atoms with Crippen molar-refractivity contribution < 1.29 is 14.3 Å². The fourth-order valence-electron chi connectivity index (χ4n) is 2.62. The second-order valence-electron chi connectivity index (χ2n) is 5.86. The minimum atomic E-state index is -0.710. The van der Waals surface area contributed by atoms with Crippen LogP contribution in [0.15, 0.2) is 46.9 Å². The summed E-state index contributed by atoms with van der Waals surface area (Å²) in [6.07, 6.45) is 4.54. The summed E-state index contributed by atoms with van der Waals surface area (Å²) in [4.78, 5) is 32.0. The number of carbonyl (C=O) groups is 2. The molecule has 1 aliphatic rings. The molecule has 136 valence electrons. The zero-order valence-corrected chi connectivity index (χ0v) is 16.6. The van der Waals surface area contributed by atoms with Crippen molar-refractivity contribution in [1.82, 2.24) is 9.88 Å². The molecule has 0 bridgehead atoms. The van der Waals surface area contributed by atoms with Gasteiger partial charge in [0.05, 0.1) is 22.1 Å². The Bertz CT molecular complexity index is 821. The van der Waals surface area contributed by atoms with E-state index in [9.17, 15) is 9.59 Å². The third-order valence-corrected chi connectivity index (χ3v) is 5.47. The second kappa shape index (κ2) is 8.01. The molecule has 0 N–H and O–H groups in total. The number of urea groups is 1. The van der Waals surface area contributed by atoms with Gasteiger partial charge in [-0.05, 0) is 46.5 Å². The van der Waals surface area contributed by atoms with E-state index in [0.717, 1.165) is 22.2 Å². The molecule has 1 unspecified atom stereocenters. The third-order valence-electron chi connectivity index (χ3n) is 3.99. The van der Waals surface area contributed by atoms with E-state index in [0.29, 0.717) is 17.2 Å². The Hall–Kier alpha value is -2.19. The average Bonchev–Trinajstić information content (AvgIpc) is 3.16. The highest BCUT2D eigenvalue weighted by atomic mass is 79.9. The fraction of sp³-hybridized carbons (Fsp3) is 0.278. The molecular weight excluding hydrogens is 418 g/mol. The van der Waals surface area contributed by atoms with E-state index >= 15 is 0 Å². The first-order valence-electron chi connectivity index (χ1n) is 8.06. The minimum Gasteiger partial charge on any atom is -0.435 e. The highest BCUT2D eigenvalue weighted by Crippen LogP contribution is 2.31. The molecule has 3 rings (SSSR count). The number of amides is 2. The van der Waals surface area contributed by atoms with Gasteiger partial charge in [-0.2, -0.15) is 0 Å². The number of nitrogens with zero attached hydrogens (tertiary/aromatic N) is 3. The number of allylic oxidation sites excluding steroid dienone is 1. The van der Waals surface area contributed by atoms with Crippen LogP contribution < -0.4 is 4.90 Å². The van der Waals surface area contributed by atoms with Gasteiger partial charge in [-0.3, -0.25) is 0 Å². The van der Waals surface area contributed by atoms with Gasteiger partial charge < -0.3 is 9.64 Å². The highest BCUT2D eigenvalue weighted by Gasteiger charge is 2.40. The molecule has 1 aromatic heterocycles. The van der Waals surface area contributed by atoms with Crippen molar-refractivity contribution in [2.24, 2.45) is 0 Å². The average molecular weight is 436 g/mol. The van der Waals surface area contributed by atoms with Crippen LogP contribution in [-0.2, 0) is 11.2 Å². The predicted octanol–water partition coefficient (Wildman–Crippen LogP) is 4.08. The number of rotatable bonds is 6. The molecule has 2 heterocycles. The number of likely N-dealkylation sites (N-methyl/N-ethyl adjacent to an activating group) is 1. The highest BCUT2D eigenvalue weighted by molar-refractivity contribution is 9.11. The van der Waals surface area contributed by atoms with Crippen LogP contribution in [0.25, 0.3) is 0 Å². The zero-order chi connectivity index (χ0) is 18.7. The van der Waals surface area contributed by atoms with Crippen molar-refractivity contribution in [3.8, 4) is 0 Å². The summed E-state index contributed by atoms with van der Waals surface area (Å²) >= 11 is 4.65. The first kappa shape index (κ1) is 18.6. The molecule has 1 fully saturated rings. The number of benzene rings is 1. The number of carbonyl (C=O) groups excluding carboxylic acids is 2. The molecule has 1 aromatic carbocycles. The minimum absolute atomic E-state index is 0.246. The molecule has 1 aliphatic heterocycles. The van der Waals surface area contributed by atoms with Gasteiger partial charge in [-0.15, -0.1) is 6.58 Å². The molecule has 0 radical (unpaired) electrons. The van der Waals surface area contributed by atoms with Crippen molar-refractivity contribution in [2.75, 3.05) is 18.5 Å². The molecule has 0 aliphatic carbocycles. The fourth-order valence-corrected chi connectivity index (χ4v) is 3.84. The lowest BCUT2D eigenvalue weighted by Crippen LogP contribution is -2.37. The molecule has 1 saturated heterocycles. The molecule has 8 heteroatoms. The number of anilines is 1. The first-order valence-corrected chi connectivity index (χ1v) is 9.67. The molecular formula is C18H18BrN3O3S. The Labute approximate surface area is 164 Å². The summed E-state index contributed by atoms with van der Waals surface area (Å²) < 4.78 is 6.40. The van der Waals surface area contributed by atoms with Crippen LogP contribution in [0.2, 0.25) is 0 Å². The second-order valence-corrected chi connectivity index (χ2v) is 8.25. The maximum absolute atomic E-state index is 12.5. The number of aromatic nitrogens is 1. The number of aryl methyl sites for hydroxylation is 1. The van der Waals surface area contributed by atoms with Gasteiger partial charge in [-0.1, -0.05) is 29.5 Å². The number of halogens is 1. The van der Waals surface area contributed by atoms with Gasteiger partial charge in [0.1, 0.15) is 0 Å². The third kappa shape index (κ3) is 3.96.